The number of carbonyl (C=O) groups is 1. The van der Waals surface area contributed by atoms with Gasteiger partial charge < -0.3 is 19.3 Å². The van der Waals surface area contributed by atoms with Gasteiger partial charge in [0.15, 0.2) is 0 Å². The third-order valence-corrected chi connectivity index (χ3v) is 3.77. The smallest absolute Gasteiger partial charge is 0.273 e. The number of hydrogen-bond donors (Lipinski definition) is 0. The number of morpholine rings is 2. The first kappa shape index (κ1) is 14.7. The van der Waals surface area contributed by atoms with Crippen LogP contribution in [0, 0.1) is 10.1 Å². The van der Waals surface area contributed by atoms with Gasteiger partial charge >= 0.3 is 0 Å². The van der Waals surface area contributed by atoms with E-state index in [1.54, 1.807) is 11.0 Å². The molecular formula is C14H17N3O5. The summed E-state index contributed by atoms with van der Waals surface area (Å²) in [5.74, 6) is -0.181. The van der Waals surface area contributed by atoms with Crippen molar-refractivity contribution in [3.63, 3.8) is 0 Å². The Morgan fingerprint density at radius 3 is 2.36 bits per heavy atom. The van der Waals surface area contributed by atoms with E-state index >= 15 is 0 Å². The van der Waals surface area contributed by atoms with Crippen molar-refractivity contribution in [2.75, 3.05) is 55.9 Å². The lowest BCUT2D eigenvalue weighted by Crippen LogP contribution is -2.42. The molecule has 2 aliphatic rings. The van der Waals surface area contributed by atoms with E-state index in [0.717, 1.165) is 5.69 Å². The van der Waals surface area contributed by atoms with E-state index in [0.29, 0.717) is 45.1 Å². The van der Waals surface area contributed by atoms with Crippen molar-refractivity contribution in [1.82, 2.24) is 0 Å². The average molecular weight is 307 g/mol. The fraction of sp³-hybridized carbons (Fsp3) is 0.500. The maximum Gasteiger partial charge on any atom is 0.273 e. The van der Waals surface area contributed by atoms with Crippen LogP contribution in [-0.4, -0.2) is 56.9 Å². The normalized spacial score (nSPS) is 19.4. The zero-order valence-electron chi connectivity index (χ0n) is 12.1. The summed E-state index contributed by atoms with van der Waals surface area (Å²) in [6, 6.07) is 4.80. The van der Waals surface area contributed by atoms with E-state index in [9.17, 15) is 14.9 Å². The maximum atomic E-state index is 12.0. The zero-order valence-corrected chi connectivity index (χ0v) is 12.1. The first-order chi connectivity index (χ1) is 10.6. The second-order valence-corrected chi connectivity index (χ2v) is 5.16. The Balaban J connectivity index is 1.96. The topological polar surface area (TPSA) is 85.2 Å². The van der Waals surface area contributed by atoms with Crippen LogP contribution in [0.5, 0.6) is 0 Å². The average Bonchev–Trinajstić information content (AvgIpc) is 2.55. The second kappa shape index (κ2) is 6.29. The van der Waals surface area contributed by atoms with Crippen LogP contribution >= 0.6 is 0 Å². The predicted octanol–water partition coefficient (Wildman–Crippen LogP) is 0.795. The van der Waals surface area contributed by atoms with Gasteiger partial charge in [0, 0.05) is 37.5 Å². The number of nitro groups is 1. The number of amides is 1. The van der Waals surface area contributed by atoms with Crippen molar-refractivity contribution >= 4 is 23.0 Å². The molecule has 1 amide bonds. The summed E-state index contributed by atoms with van der Waals surface area (Å²) in [5, 5.41) is 11.2. The Hall–Kier alpha value is -2.19. The molecule has 0 aromatic heterocycles. The van der Waals surface area contributed by atoms with Crippen LogP contribution in [0.25, 0.3) is 0 Å². The van der Waals surface area contributed by atoms with Crippen LogP contribution in [0.3, 0.4) is 0 Å². The van der Waals surface area contributed by atoms with Crippen molar-refractivity contribution in [3.8, 4) is 0 Å². The van der Waals surface area contributed by atoms with Crippen LogP contribution in [0.4, 0.5) is 17.1 Å². The highest BCUT2D eigenvalue weighted by Gasteiger charge is 2.24. The quantitative estimate of drug-likeness (QED) is 0.606. The van der Waals surface area contributed by atoms with Gasteiger partial charge in [0.2, 0.25) is 0 Å². The molecule has 2 fully saturated rings. The van der Waals surface area contributed by atoms with Gasteiger partial charge in [-0.05, 0) is 6.07 Å². The van der Waals surface area contributed by atoms with Crippen molar-refractivity contribution < 1.29 is 19.2 Å². The lowest BCUT2D eigenvalue weighted by molar-refractivity contribution is -0.384. The van der Waals surface area contributed by atoms with Gasteiger partial charge in [0.25, 0.3) is 11.6 Å². The molecule has 0 radical (unpaired) electrons. The Kier molecular flexibility index (Phi) is 4.21. The molecule has 8 heteroatoms. The van der Waals surface area contributed by atoms with E-state index in [1.807, 2.05) is 11.0 Å². The number of ether oxygens (including phenoxy) is 2. The van der Waals surface area contributed by atoms with E-state index < -0.39 is 4.92 Å². The van der Waals surface area contributed by atoms with Gasteiger partial charge in [0.05, 0.1) is 30.4 Å². The van der Waals surface area contributed by atoms with Gasteiger partial charge in [-0.3, -0.25) is 14.9 Å². The minimum Gasteiger partial charge on any atom is -0.378 e. The largest absolute Gasteiger partial charge is 0.378 e. The molecule has 0 atom stereocenters. The third-order valence-electron chi connectivity index (χ3n) is 3.77. The van der Waals surface area contributed by atoms with Crippen LogP contribution in [-0.2, 0) is 14.3 Å². The van der Waals surface area contributed by atoms with Crippen molar-refractivity contribution in [1.29, 1.82) is 0 Å². The number of carbonyl (C=O) groups excluding carboxylic acids is 1. The van der Waals surface area contributed by atoms with Gasteiger partial charge in [-0.15, -0.1) is 0 Å². The number of non-ortho nitro benzene ring substituents is 1. The van der Waals surface area contributed by atoms with Gasteiger partial charge in [0.1, 0.15) is 6.61 Å². The molecule has 8 nitrogen and oxygen atoms in total. The number of nitrogens with zero attached hydrogens (tertiary/aromatic N) is 3. The monoisotopic (exact) mass is 307 g/mol. The number of hydrogen-bond acceptors (Lipinski definition) is 6. The molecule has 22 heavy (non-hydrogen) atoms. The molecule has 3 rings (SSSR count). The molecule has 1 aromatic rings. The number of anilines is 2. The molecule has 0 saturated carbocycles. The molecule has 1 aromatic carbocycles. The maximum absolute atomic E-state index is 12.0. The minimum atomic E-state index is -0.432. The highest BCUT2D eigenvalue weighted by molar-refractivity contribution is 5.95. The summed E-state index contributed by atoms with van der Waals surface area (Å²) in [7, 11) is 0. The van der Waals surface area contributed by atoms with E-state index in [1.165, 1.54) is 6.07 Å². The standard InChI is InChI=1S/C14H17N3O5/c18-14-10-22-6-3-16(14)12-7-11(8-13(9-12)17(19)20)15-1-4-21-5-2-15/h7-9H,1-6,10H2. The fourth-order valence-electron chi connectivity index (χ4n) is 2.64. The predicted molar refractivity (Wildman–Crippen MR) is 79.3 cm³/mol. The van der Waals surface area contributed by atoms with Crippen molar-refractivity contribution in [2.45, 2.75) is 0 Å². The van der Waals surface area contributed by atoms with Gasteiger partial charge in [-0.1, -0.05) is 0 Å². The van der Waals surface area contributed by atoms with Crippen molar-refractivity contribution in [2.24, 2.45) is 0 Å². The number of rotatable bonds is 3. The summed E-state index contributed by atoms with van der Waals surface area (Å²) < 4.78 is 10.4. The first-order valence-corrected chi connectivity index (χ1v) is 7.15. The summed E-state index contributed by atoms with van der Waals surface area (Å²) in [5.41, 5.74) is 1.27. The molecule has 0 N–H and O–H groups in total. The summed E-state index contributed by atoms with van der Waals surface area (Å²) in [4.78, 5) is 26.3. The number of nitro benzene ring substituents is 1. The lowest BCUT2D eigenvalue weighted by atomic mass is 10.2. The Bertz CT molecular complexity index is 586. The molecule has 2 heterocycles. The summed E-state index contributed by atoms with van der Waals surface area (Å²) in [6.45, 7) is 3.39. The van der Waals surface area contributed by atoms with Crippen LogP contribution in [0.15, 0.2) is 18.2 Å². The second-order valence-electron chi connectivity index (χ2n) is 5.16. The Morgan fingerprint density at radius 2 is 1.68 bits per heavy atom. The summed E-state index contributed by atoms with van der Waals surface area (Å²) >= 11 is 0. The molecule has 2 saturated heterocycles. The van der Waals surface area contributed by atoms with E-state index in [-0.39, 0.29) is 18.2 Å². The van der Waals surface area contributed by atoms with Gasteiger partial charge in [-0.2, -0.15) is 0 Å². The minimum absolute atomic E-state index is 0.00950. The Labute approximate surface area is 127 Å². The molecule has 2 aliphatic heterocycles. The molecular weight excluding hydrogens is 290 g/mol. The van der Waals surface area contributed by atoms with E-state index in [2.05, 4.69) is 0 Å². The highest BCUT2D eigenvalue weighted by Crippen LogP contribution is 2.30. The lowest BCUT2D eigenvalue weighted by Gasteiger charge is -2.31. The number of benzene rings is 1. The van der Waals surface area contributed by atoms with Crippen molar-refractivity contribution in [3.05, 3.63) is 28.3 Å². The van der Waals surface area contributed by atoms with Gasteiger partial charge in [-0.25, -0.2) is 0 Å². The molecule has 0 unspecified atom stereocenters. The molecule has 0 spiro atoms. The first-order valence-electron chi connectivity index (χ1n) is 7.15. The summed E-state index contributed by atoms with van der Waals surface area (Å²) in [6.07, 6.45) is 0. The molecule has 0 bridgehead atoms. The molecule has 118 valence electrons. The van der Waals surface area contributed by atoms with Crippen LogP contribution in [0.1, 0.15) is 0 Å². The molecule has 0 aliphatic carbocycles. The Morgan fingerprint density at radius 1 is 1.00 bits per heavy atom. The van der Waals surface area contributed by atoms with E-state index in [4.69, 9.17) is 9.47 Å². The third kappa shape index (κ3) is 3.02. The zero-order chi connectivity index (χ0) is 15.5. The highest BCUT2D eigenvalue weighted by atomic mass is 16.6. The fourth-order valence-corrected chi connectivity index (χ4v) is 2.64. The van der Waals surface area contributed by atoms with Crippen LogP contribution in [0.2, 0.25) is 0 Å². The SMILES string of the molecule is O=C1COCCN1c1cc(N2CCOCC2)cc([N+](=O)[O-])c1. The van der Waals surface area contributed by atoms with Crippen LogP contribution < -0.4 is 9.80 Å².